The molecule has 0 amide bonds. The molecule has 0 unspecified atom stereocenters. The van der Waals surface area contributed by atoms with Gasteiger partial charge in [-0.05, 0) is 42.7 Å². The third-order valence-corrected chi connectivity index (χ3v) is 3.97. The summed E-state index contributed by atoms with van der Waals surface area (Å²) in [5.41, 5.74) is 2.83. The first-order valence-corrected chi connectivity index (χ1v) is 8.07. The number of nitrogens with one attached hydrogen (secondary N) is 1. The van der Waals surface area contributed by atoms with Crippen LogP contribution < -0.4 is 10.1 Å². The van der Waals surface area contributed by atoms with E-state index in [0.717, 1.165) is 16.7 Å². The first kappa shape index (κ1) is 17.3. The van der Waals surface area contributed by atoms with Crippen LogP contribution in [0.5, 0.6) is 11.6 Å². The lowest BCUT2D eigenvalue weighted by molar-refractivity contribution is -0.385. The lowest BCUT2D eigenvalue weighted by Crippen LogP contribution is -2.07. The molecule has 1 heterocycles. The molecule has 0 bridgehead atoms. The summed E-state index contributed by atoms with van der Waals surface area (Å²) < 4.78 is 5.67. The Bertz CT molecular complexity index is 929. The van der Waals surface area contributed by atoms with Crippen LogP contribution in [0.1, 0.15) is 16.7 Å². The van der Waals surface area contributed by atoms with Gasteiger partial charge in [0.1, 0.15) is 12.1 Å². The predicted molar refractivity (Wildman–Crippen MR) is 98.4 cm³/mol. The lowest BCUT2D eigenvalue weighted by Gasteiger charge is -2.10. The second-order valence-corrected chi connectivity index (χ2v) is 5.82. The highest BCUT2D eigenvalue weighted by molar-refractivity contribution is 5.62. The zero-order chi connectivity index (χ0) is 18.5. The van der Waals surface area contributed by atoms with Crippen molar-refractivity contribution >= 4 is 11.5 Å². The zero-order valence-corrected chi connectivity index (χ0v) is 14.5. The van der Waals surface area contributed by atoms with Gasteiger partial charge >= 0.3 is 11.6 Å². The van der Waals surface area contributed by atoms with Gasteiger partial charge in [-0.2, -0.15) is 4.98 Å². The monoisotopic (exact) mass is 350 g/mol. The standard InChI is InChI=1S/C19H18N4O3/c1-13-8-9-16(10-14(13)2)26-19-17(23(24)25)18(21-12-22-19)20-11-15-6-4-3-5-7-15/h3-10,12H,11H2,1-2H3,(H,20,21,22). The summed E-state index contributed by atoms with van der Waals surface area (Å²) in [6.07, 6.45) is 1.25. The highest BCUT2D eigenvalue weighted by atomic mass is 16.6. The van der Waals surface area contributed by atoms with Crippen LogP contribution in [-0.2, 0) is 6.54 Å². The molecule has 1 N–H and O–H groups in total. The van der Waals surface area contributed by atoms with Gasteiger partial charge in [0.2, 0.25) is 5.82 Å². The van der Waals surface area contributed by atoms with Crippen LogP contribution in [0, 0.1) is 24.0 Å². The number of nitrogens with zero attached hydrogens (tertiary/aromatic N) is 3. The Morgan fingerprint density at radius 1 is 1.08 bits per heavy atom. The number of hydrogen-bond donors (Lipinski definition) is 1. The maximum absolute atomic E-state index is 11.6. The highest BCUT2D eigenvalue weighted by Crippen LogP contribution is 2.34. The van der Waals surface area contributed by atoms with Crippen molar-refractivity contribution in [1.29, 1.82) is 0 Å². The van der Waals surface area contributed by atoms with E-state index >= 15 is 0 Å². The molecule has 0 radical (unpaired) electrons. The summed E-state index contributed by atoms with van der Waals surface area (Å²) in [6.45, 7) is 4.34. The van der Waals surface area contributed by atoms with Crippen molar-refractivity contribution in [2.24, 2.45) is 0 Å². The second kappa shape index (κ2) is 7.60. The summed E-state index contributed by atoms with van der Waals surface area (Å²) in [4.78, 5) is 19.0. The molecule has 3 aromatic rings. The van der Waals surface area contributed by atoms with Gasteiger partial charge in [0, 0.05) is 6.54 Å². The predicted octanol–water partition coefficient (Wildman–Crippen LogP) is 4.41. The number of aromatic nitrogens is 2. The molecular weight excluding hydrogens is 332 g/mol. The Kier molecular flexibility index (Phi) is 5.07. The Labute approximate surface area is 150 Å². The summed E-state index contributed by atoms with van der Waals surface area (Å²) in [5.74, 6) is 0.514. The number of ether oxygens (including phenoxy) is 1. The van der Waals surface area contributed by atoms with Gasteiger partial charge < -0.3 is 10.1 Å². The summed E-state index contributed by atoms with van der Waals surface area (Å²) in [7, 11) is 0. The minimum atomic E-state index is -0.538. The fourth-order valence-electron chi connectivity index (χ4n) is 2.40. The number of aryl methyl sites for hydroxylation is 2. The fraction of sp³-hybridized carbons (Fsp3) is 0.158. The van der Waals surface area contributed by atoms with Gasteiger partial charge in [-0.25, -0.2) is 4.98 Å². The van der Waals surface area contributed by atoms with Crippen molar-refractivity contribution in [3.05, 3.63) is 81.7 Å². The lowest BCUT2D eigenvalue weighted by atomic mass is 10.1. The van der Waals surface area contributed by atoms with E-state index in [1.165, 1.54) is 6.33 Å². The number of rotatable bonds is 6. The molecule has 26 heavy (non-hydrogen) atoms. The van der Waals surface area contributed by atoms with E-state index in [4.69, 9.17) is 4.74 Å². The van der Waals surface area contributed by atoms with E-state index in [-0.39, 0.29) is 17.4 Å². The van der Waals surface area contributed by atoms with E-state index in [0.29, 0.717) is 12.3 Å². The third-order valence-electron chi connectivity index (χ3n) is 3.97. The van der Waals surface area contributed by atoms with Gasteiger partial charge in [0.05, 0.1) is 4.92 Å². The smallest absolute Gasteiger partial charge is 0.373 e. The molecule has 2 aromatic carbocycles. The molecule has 0 aliphatic carbocycles. The van der Waals surface area contributed by atoms with Crippen LogP contribution >= 0.6 is 0 Å². The van der Waals surface area contributed by atoms with Gasteiger partial charge in [0.15, 0.2) is 0 Å². The number of nitro groups is 1. The molecule has 0 aliphatic rings. The van der Waals surface area contributed by atoms with Gasteiger partial charge in [-0.3, -0.25) is 10.1 Å². The highest BCUT2D eigenvalue weighted by Gasteiger charge is 2.25. The summed E-state index contributed by atoms with van der Waals surface area (Å²) >= 11 is 0. The SMILES string of the molecule is Cc1ccc(Oc2ncnc(NCc3ccccc3)c2[N+](=O)[O-])cc1C. The third kappa shape index (κ3) is 3.94. The van der Waals surface area contributed by atoms with Crippen LogP contribution in [0.25, 0.3) is 0 Å². The Balaban J connectivity index is 1.88. The van der Waals surface area contributed by atoms with Crippen molar-refractivity contribution in [3.8, 4) is 11.6 Å². The van der Waals surface area contributed by atoms with E-state index in [1.807, 2.05) is 56.3 Å². The molecule has 0 saturated carbocycles. The van der Waals surface area contributed by atoms with Crippen LogP contribution in [0.2, 0.25) is 0 Å². The van der Waals surface area contributed by atoms with Crippen LogP contribution in [-0.4, -0.2) is 14.9 Å². The van der Waals surface area contributed by atoms with Crippen molar-refractivity contribution in [1.82, 2.24) is 9.97 Å². The fourth-order valence-corrected chi connectivity index (χ4v) is 2.40. The molecule has 7 nitrogen and oxygen atoms in total. The topological polar surface area (TPSA) is 90.2 Å². The molecule has 0 fully saturated rings. The summed E-state index contributed by atoms with van der Waals surface area (Å²) in [5, 5.41) is 14.6. The van der Waals surface area contributed by atoms with Crippen LogP contribution in [0.15, 0.2) is 54.9 Å². The van der Waals surface area contributed by atoms with E-state index in [9.17, 15) is 10.1 Å². The maximum atomic E-state index is 11.6. The van der Waals surface area contributed by atoms with E-state index in [2.05, 4.69) is 15.3 Å². The average molecular weight is 350 g/mol. The Morgan fingerprint density at radius 3 is 2.54 bits per heavy atom. The molecular formula is C19H18N4O3. The minimum Gasteiger partial charge on any atom is -0.434 e. The molecule has 0 atom stereocenters. The Morgan fingerprint density at radius 2 is 1.85 bits per heavy atom. The first-order chi connectivity index (χ1) is 12.5. The van der Waals surface area contributed by atoms with Gasteiger partial charge in [0.25, 0.3) is 0 Å². The summed E-state index contributed by atoms with van der Waals surface area (Å²) in [6, 6.07) is 15.0. The Hall–Kier alpha value is -3.48. The van der Waals surface area contributed by atoms with Crippen molar-refractivity contribution in [2.75, 3.05) is 5.32 Å². The zero-order valence-electron chi connectivity index (χ0n) is 14.5. The number of hydrogen-bond acceptors (Lipinski definition) is 6. The minimum absolute atomic E-state index is 0.0937. The number of benzene rings is 2. The molecule has 0 spiro atoms. The quantitative estimate of drug-likeness (QED) is 0.523. The maximum Gasteiger partial charge on any atom is 0.373 e. The molecule has 0 aliphatic heterocycles. The largest absolute Gasteiger partial charge is 0.434 e. The van der Waals surface area contributed by atoms with Crippen molar-refractivity contribution < 1.29 is 9.66 Å². The second-order valence-electron chi connectivity index (χ2n) is 5.82. The molecule has 1 aromatic heterocycles. The van der Waals surface area contributed by atoms with Gasteiger partial charge in [-0.15, -0.1) is 0 Å². The van der Waals surface area contributed by atoms with Crippen molar-refractivity contribution in [3.63, 3.8) is 0 Å². The normalized spacial score (nSPS) is 10.4. The van der Waals surface area contributed by atoms with Crippen LogP contribution in [0.4, 0.5) is 11.5 Å². The van der Waals surface area contributed by atoms with E-state index in [1.54, 1.807) is 6.07 Å². The molecule has 3 rings (SSSR count). The van der Waals surface area contributed by atoms with Gasteiger partial charge in [-0.1, -0.05) is 36.4 Å². The van der Waals surface area contributed by atoms with Crippen LogP contribution in [0.3, 0.4) is 0 Å². The first-order valence-electron chi connectivity index (χ1n) is 8.07. The molecule has 0 saturated heterocycles. The van der Waals surface area contributed by atoms with E-state index < -0.39 is 4.92 Å². The molecule has 132 valence electrons. The average Bonchev–Trinajstić information content (AvgIpc) is 2.64. The molecule has 7 heteroatoms. The van der Waals surface area contributed by atoms with Crippen molar-refractivity contribution in [2.45, 2.75) is 20.4 Å². The number of anilines is 1.